The highest BCUT2D eigenvalue weighted by molar-refractivity contribution is 7.80. The van der Waals surface area contributed by atoms with E-state index < -0.39 is 53.8 Å². The molecule has 0 aromatic carbocycles. The molecule has 0 radical (unpaired) electrons. The topological polar surface area (TPSA) is 194 Å². The fourth-order valence-electron chi connectivity index (χ4n) is 2.35. The second-order valence-corrected chi connectivity index (χ2v) is 7.86. The first-order chi connectivity index (χ1) is 13.9. The summed E-state index contributed by atoms with van der Waals surface area (Å²) < 4.78 is 0. The van der Waals surface area contributed by atoms with E-state index >= 15 is 0 Å². The lowest BCUT2D eigenvalue weighted by molar-refractivity contribution is -0.142. The molecule has 0 saturated heterocycles. The average molecular weight is 466 g/mol. The number of carboxylic acids is 1. The molecule has 0 aromatic rings. The molecule has 0 rings (SSSR count). The number of nitrogens with two attached hydrogens (primary N) is 2. The number of rotatable bonds is 14. The number of hydrogen-bond donors (Lipinski definition) is 8. The number of nitrogens with one attached hydrogen (secondary N) is 3. The van der Waals surface area contributed by atoms with Crippen molar-refractivity contribution < 1.29 is 29.1 Å². The molecule has 8 N–H and O–H groups in total. The van der Waals surface area contributed by atoms with Crippen molar-refractivity contribution >= 4 is 54.9 Å². The summed E-state index contributed by atoms with van der Waals surface area (Å²) in [6, 6.07) is -4.46. The lowest BCUT2D eigenvalue weighted by atomic mass is 10.0. The van der Waals surface area contributed by atoms with E-state index in [1.807, 2.05) is 13.8 Å². The van der Waals surface area contributed by atoms with Gasteiger partial charge in [-0.2, -0.15) is 25.3 Å². The number of carbonyl (C=O) groups is 5. The van der Waals surface area contributed by atoms with Crippen LogP contribution >= 0.6 is 25.3 Å². The Hall–Kier alpha value is -1.99. The molecule has 0 saturated carbocycles. The number of carbonyl (C=O) groups excluding carboxylic acids is 4. The predicted octanol–water partition coefficient (Wildman–Crippen LogP) is -1.98. The fourth-order valence-corrected chi connectivity index (χ4v) is 2.77. The molecule has 172 valence electrons. The van der Waals surface area contributed by atoms with Crippen LogP contribution in [0, 0.1) is 5.92 Å². The van der Waals surface area contributed by atoms with Gasteiger partial charge in [0.15, 0.2) is 0 Å². The van der Waals surface area contributed by atoms with Gasteiger partial charge in [0, 0.05) is 17.9 Å². The van der Waals surface area contributed by atoms with Gasteiger partial charge in [-0.3, -0.25) is 19.2 Å². The Bertz CT molecular complexity index is 634. The third kappa shape index (κ3) is 10.7. The van der Waals surface area contributed by atoms with Crippen molar-refractivity contribution in [2.24, 2.45) is 17.4 Å². The molecule has 0 aromatic heterocycles. The SMILES string of the molecule is CC(C)CC(NC(=O)C(CS)NC(=O)C(CCC(N)=O)NC(=O)C(N)CS)C(=O)O. The number of primary amides is 1. The molecule has 0 heterocycles. The molecule has 30 heavy (non-hydrogen) atoms. The average Bonchev–Trinajstić information content (AvgIpc) is 2.66. The van der Waals surface area contributed by atoms with Crippen LogP contribution in [0.3, 0.4) is 0 Å². The van der Waals surface area contributed by atoms with Crippen LogP contribution in [0.5, 0.6) is 0 Å². The summed E-state index contributed by atoms with van der Waals surface area (Å²) in [7, 11) is 0. The van der Waals surface area contributed by atoms with Crippen LogP contribution in [0.4, 0.5) is 0 Å². The minimum absolute atomic E-state index is 0.0138. The Balaban J connectivity index is 5.24. The normalized spacial score (nSPS) is 14.9. The molecule has 0 bridgehead atoms. The van der Waals surface area contributed by atoms with Crippen LogP contribution in [0.2, 0.25) is 0 Å². The molecule has 4 unspecified atom stereocenters. The van der Waals surface area contributed by atoms with E-state index in [0.717, 1.165) is 0 Å². The van der Waals surface area contributed by atoms with Gasteiger partial charge in [-0.05, 0) is 18.8 Å². The van der Waals surface area contributed by atoms with Crippen LogP contribution in [0.25, 0.3) is 0 Å². The summed E-state index contributed by atoms with van der Waals surface area (Å²) in [6.07, 6.45) is -0.104. The minimum atomic E-state index is -1.20. The molecule has 4 atom stereocenters. The molecule has 13 heteroatoms. The number of hydrogen-bond acceptors (Lipinski definition) is 8. The van der Waals surface area contributed by atoms with Crippen LogP contribution in [-0.2, 0) is 24.0 Å². The standard InChI is InChI=1S/C17H31N5O6S2/c1-8(2)5-11(17(27)28)21-16(26)12(7-30)22-15(25)10(3-4-13(19)23)20-14(24)9(18)6-29/h8-12,29-30H,3-7,18H2,1-2H3,(H2,19,23)(H,20,24)(H,21,26)(H,22,25)(H,27,28). The van der Waals surface area contributed by atoms with Crippen LogP contribution in [-0.4, -0.2) is 70.4 Å². The van der Waals surface area contributed by atoms with Crippen molar-refractivity contribution in [1.82, 2.24) is 16.0 Å². The summed E-state index contributed by atoms with van der Waals surface area (Å²) in [5.74, 6) is -4.12. The Kier molecular flexibility index (Phi) is 13.2. The zero-order chi connectivity index (χ0) is 23.4. The first-order valence-corrected chi connectivity index (χ1v) is 10.6. The van der Waals surface area contributed by atoms with Crippen molar-refractivity contribution in [1.29, 1.82) is 0 Å². The van der Waals surface area contributed by atoms with Gasteiger partial charge in [-0.15, -0.1) is 0 Å². The van der Waals surface area contributed by atoms with E-state index in [9.17, 15) is 29.1 Å². The minimum Gasteiger partial charge on any atom is -0.480 e. The van der Waals surface area contributed by atoms with Gasteiger partial charge in [0.25, 0.3) is 0 Å². The number of thiol groups is 2. The third-order valence-corrected chi connectivity index (χ3v) is 4.74. The molecule has 4 amide bonds. The Morgan fingerprint density at radius 3 is 1.80 bits per heavy atom. The zero-order valence-electron chi connectivity index (χ0n) is 17.0. The number of carboxylic acid groups (broad SMARTS) is 1. The van der Waals surface area contributed by atoms with Gasteiger partial charge in [0.1, 0.15) is 18.1 Å². The van der Waals surface area contributed by atoms with Gasteiger partial charge in [-0.25, -0.2) is 4.79 Å². The van der Waals surface area contributed by atoms with Crippen LogP contribution in [0.1, 0.15) is 33.1 Å². The van der Waals surface area contributed by atoms with E-state index in [0.29, 0.717) is 0 Å². The van der Waals surface area contributed by atoms with Gasteiger partial charge in [0.05, 0.1) is 6.04 Å². The van der Waals surface area contributed by atoms with Crippen LogP contribution in [0.15, 0.2) is 0 Å². The zero-order valence-corrected chi connectivity index (χ0v) is 18.7. The Morgan fingerprint density at radius 2 is 1.37 bits per heavy atom. The monoisotopic (exact) mass is 465 g/mol. The van der Waals surface area contributed by atoms with Gasteiger partial charge in [0.2, 0.25) is 23.6 Å². The summed E-state index contributed by atoms with van der Waals surface area (Å²) in [4.78, 5) is 59.5. The first-order valence-electron chi connectivity index (χ1n) is 9.32. The maximum atomic E-state index is 12.6. The van der Waals surface area contributed by atoms with Crippen molar-refractivity contribution in [2.45, 2.75) is 57.3 Å². The smallest absolute Gasteiger partial charge is 0.326 e. The van der Waals surface area contributed by atoms with E-state index in [1.54, 1.807) is 0 Å². The van der Waals surface area contributed by atoms with E-state index in [4.69, 9.17) is 11.5 Å². The van der Waals surface area contributed by atoms with E-state index in [2.05, 4.69) is 41.2 Å². The molecule has 0 spiro atoms. The molecule has 0 aliphatic heterocycles. The quantitative estimate of drug-likeness (QED) is 0.136. The number of aliphatic carboxylic acids is 1. The van der Waals surface area contributed by atoms with Gasteiger partial charge >= 0.3 is 5.97 Å². The summed E-state index contributed by atoms with van der Waals surface area (Å²) in [6.45, 7) is 3.61. The molecule has 0 fully saturated rings. The summed E-state index contributed by atoms with van der Waals surface area (Å²) >= 11 is 7.94. The van der Waals surface area contributed by atoms with Gasteiger partial charge < -0.3 is 32.5 Å². The lowest BCUT2D eigenvalue weighted by Crippen LogP contribution is -2.58. The Morgan fingerprint density at radius 1 is 0.867 bits per heavy atom. The van der Waals surface area contributed by atoms with E-state index in [1.165, 1.54) is 0 Å². The van der Waals surface area contributed by atoms with E-state index in [-0.39, 0.29) is 36.7 Å². The van der Waals surface area contributed by atoms with Crippen molar-refractivity contribution in [3.05, 3.63) is 0 Å². The molecule has 0 aliphatic rings. The highest BCUT2D eigenvalue weighted by atomic mass is 32.1. The highest BCUT2D eigenvalue weighted by Crippen LogP contribution is 2.06. The van der Waals surface area contributed by atoms with Crippen LogP contribution < -0.4 is 27.4 Å². The highest BCUT2D eigenvalue weighted by Gasteiger charge is 2.30. The second-order valence-electron chi connectivity index (χ2n) is 7.13. The Labute approximate surface area is 186 Å². The van der Waals surface area contributed by atoms with Crippen molar-refractivity contribution in [3.63, 3.8) is 0 Å². The predicted molar refractivity (Wildman–Crippen MR) is 117 cm³/mol. The molecular weight excluding hydrogens is 434 g/mol. The molecular formula is C17H31N5O6S2. The second kappa shape index (κ2) is 14.1. The molecule has 0 aliphatic carbocycles. The fraction of sp³-hybridized carbons (Fsp3) is 0.706. The summed E-state index contributed by atoms with van der Waals surface area (Å²) in [5, 5.41) is 16.4. The first kappa shape index (κ1) is 28.0. The van der Waals surface area contributed by atoms with Gasteiger partial charge in [-0.1, -0.05) is 13.8 Å². The molecule has 11 nitrogen and oxygen atoms in total. The third-order valence-electron chi connectivity index (χ3n) is 3.98. The maximum absolute atomic E-state index is 12.6. The largest absolute Gasteiger partial charge is 0.480 e. The van der Waals surface area contributed by atoms with Crippen molar-refractivity contribution in [2.75, 3.05) is 11.5 Å². The number of amides is 4. The van der Waals surface area contributed by atoms with Crippen molar-refractivity contribution in [3.8, 4) is 0 Å². The maximum Gasteiger partial charge on any atom is 0.326 e. The lowest BCUT2D eigenvalue weighted by Gasteiger charge is -2.24. The summed E-state index contributed by atoms with van der Waals surface area (Å²) in [5.41, 5.74) is 10.7.